The number of para-hydroxylation sites is 1. The summed E-state index contributed by atoms with van der Waals surface area (Å²) >= 11 is 1.52. The molecule has 4 rings (SSSR count). The highest BCUT2D eigenvalue weighted by Gasteiger charge is 2.27. The molecule has 1 aromatic carbocycles. The predicted molar refractivity (Wildman–Crippen MR) is 135 cm³/mol. The van der Waals surface area contributed by atoms with Gasteiger partial charge < -0.3 is 19.0 Å². The van der Waals surface area contributed by atoms with Crippen LogP contribution in [0.1, 0.15) is 56.0 Å². The van der Waals surface area contributed by atoms with Crippen LogP contribution in [-0.4, -0.2) is 43.1 Å². The van der Waals surface area contributed by atoms with Gasteiger partial charge in [0.15, 0.2) is 5.56 Å². The summed E-state index contributed by atoms with van der Waals surface area (Å²) in [4.78, 5) is 21.8. The zero-order valence-corrected chi connectivity index (χ0v) is 21.6. The number of hydrogen-bond acceptors (Lipinski definition) is 10. The molecule has 0 unspecified atom stereocenters. The van der Waals surface area contributed by atoms with Gasteiger partial charge in [0.25, 0.3) is 11.4 Å². The van der Waals surface area contributed by atoms with Gasteiger partial charge in [0, 0.05) is 11.8 Å². The first kappa shape index (κ1) is 25.4. The van der Waals surface area contributed by atoms with E-state index in [1.54, 1.807) is 12.1 Å². The molecule has 36 heavy (non-hydrogen) atoms. The van der Waals surface area contributed by atoms with Crippen LogP contribution in [0.5, 0.6) is 17.4 Å². The normalized spacial score (nSPS) is 11.1. The zero-order chi connectivity index (χ0) is 25.7. The van der Waals surface area contributed by atoms with Gasteiger partial charge in [0.1, 0.15) is 23.0 Å². The number of unbranched alkanes of at least 4 members (excludes halogenated alkanes) is 1. The number of benzene rings is 1. The number of thiazole rings is 1. The monoisotopic (exact) mass is 511 g/mol. The molecule has 3 heterocycles. The summed E-state index contributed by atoms with van der Waals surface area (Å²) in [6.45, 7) is 8.49. The van der Waals surface area contributed by atoms with Crippen molar-refractivity contribution in [2.45, 2.75) is 53.4 Å². The van der Waals surface area contributed by atoms with Crippen molar-refractivity contribution in [1.82, 2.24) is 24.7 Å². The largest absolute Gasteiger partial charge is 0.493 e. The van der Waals surface area contributed by atoms with Crippen LogP contribution in [0.25, 0.3) is 17.1 Å². The minimum Gasteiger partial charge on any atom is -0.493 e. The van der Waals surface area contributed by atoms with Crippen LogP contribution in [0.3, 0.4) is 0 Å². The van der Waals surface area contributed by atoms with Crippen molar-refractivity contribution >= 4 is 11.3 Å². The molecule has 0 saturated carbocycles. The summed E-state index contributed by atoms with van der Waals surface area (Å²) in [5.74, 6) is 1.15. The second-order valence-electron chi connectivity index (χ2n) is 7.98. The molecule has 11 heteroatoms. The van der Waals surface area contributed by atoms with E-state index in [2.05, 4.69) is 20.2 Å². The summed E-state index contributed by atoms with van der Waals surface area (Å²) in [6.07, 6.45) is 2.43. The van der Waals surface area contributed by atoms with Gasteiger partial charge in [-0.15, -0.1) is 21.5 Å². The molecule has 1 N–H and O–H groups in total. The molecular formula is C25H29N5O5S. The third-order valence-electron chi connectivity index (χ3n) is 5.36. The predicted octanol–water partition coefficient (Wildman–Crippen LogP) is 4.48. The van der Waals surface area contributed by atoms with Crippen LogP contribution < -0.4 is 15.0 Å². The first-order valence-corrected chi connectivity index (χ1v) is 12.8. The summed E-state index contributed by atoms with van der Waals surface area (Å²) in [5.41, 5.74) is 0.407. The van der Waals surface area contributed by atoms with Crippen molar-refractivity contribution in [3.63, 3.8) is 0 Å². The number of nitrogens with zero attached hydrogens (tertiary/aromatic N) is 5. The van der Waals surface area contributed by atoms with Gasteiger partial charge in [-0.3, -0.25) is 9.36 Å². The second-order valence-corrected chi connectivity index (χ2v) is 9.04. The summed E-state index contributed by atoms with van der Waals surface area (Å²) in [6, 6.07) is 5.37. The van der Waals surface area contributed by atoms with Gasteiger partial charge in [-0.2, -0.15) is 4.98 Å². The Hall–Kier alpha value is -3.73. The number of rotatable bonds is 11. The Bertz CT molecular complexity index is 1370. The minimum absolute atomic E-state index is 0.116. The maximum absolute atomic E-state index is 13.1. The lowest BCUT2D eigenvalue weighted by molar-refractivity contribution is 0.317. The molecule has 4 aromatic rings. The lowest BCUT2D eigenvalue weighted by atomic mass is 10.2. The fraction of sp³-hybridized carbons (Fsp3) is 0.400. The molecule has 0 aliphatic rings. The Balaban J connectivity index is 1.89. The van der Waals surface area contributed by atoms with Crippen LogP contribution in [0.2, 0.25) is 0 Å². The van der Waals surface area contributed by atoms with Crippen molar-refractivity contribution in [3.8, 4) is 34.5 Å². The average Bonchev–Trinajstić information content (AvgIpc) is 3.48. The van der Waals surface area contributed by atoms with Crippen LogP contribution in [0, 0.1) is 6.92 Å². The molecule has 0 saturated heterocycles. The van der Waals surface area contributed by atoms with Crippen molar-refractivity contribution in [2.75, 3.05) is 13.2 Å². The quantitative estimate of drug-likeness (QED) is 0.310. The van der Waals surface area contributed by atoms with E-state index in [4.69, 9.17) is 13.9 Å². The number of aromatic hydroxyl groups is 1. The van der Waals surface area contributed by atoms with Gasteiger partial charge in [-0.1, -0.05) is 19.4 Å². The number of aryl methyl sites for hydroxylation is 2. The fourth-order valence-electron chi connectivity index (χ4n) is 3.81. The van der Waals surface area contributed by atoms with Gasteiger partial charge >= 0.3 is 0 Å². The number of aromatic nitrogens is 5. The molecule has 0 aliphatic heterocycles. The van der Waals surface area contributed by atoms with E-state index in [0.717, 1.165) is 23.5 Å². The summed E-state index contributed by atoms with van der Waals surface area (Å²) in [7, 11) is 0. The Morgan fingerprint density at radius 3 is 2.42 bits per heavy atom. The average molecular weight is 512 g/mol. The molecule has 3 aromatic heterocycles. The first-order chi connectivity index (χ1) is 17.5. The molecule has 0 spiro atoms. The zero-order valence-electron chi connectivity index (χ0n) is 20.8. The standard InChI is InChI=1S/C25H29N5O5S/c1-5-8-12-19-27-23(31)21(24-29-28-20(35-24)13-16-14-36-15(4)26-16)25(32)30(19)22-17(33-6-2)10-9-11-18(22)34-7-3/h9-11,14,32H,5-8,12-13H2,1-4H3. The van der Waals surface area contributed by atoms with Gasteiger partial charge in [-0.05, 0) is 39.3 Å². The topological polar surface area (TPSA) is 125 Å². The smallest absolute Gasteiger partial charge is 0.289 e. The first-order valence-electron chi connectivity index (χ1n) is 11.9. The van der Waals surface area contributed by atoms with E-state index >= 15 is 0 Å². The molecule has 10 nitrogen and oxygen atoms in total. The van der Waals surface area contributed by atoms with Crippen LogP contribution in [0.15, 0.2) is 32.8 Å². The Labute approximate surface area is 212 Å². The third-order valence-corrected chi connectivity index (χ3v) is 6.18. The Kier molecular flexibility index (Phi) is 7.99. The van der Waals surface area contributed by atoms with Crippen molar-refractivity contribution in [1.29, 1.82) is 0 Å². The molecule has 0 radical (unpaired) electrons. The Morgan fingerprint density at radius 2 is 1.81 bits per heavy atom. The highest BCUT2D eigenvalue weighted by Crippen LogP contribution is 2.38. The van der Waals surface area contributed by atoms with Crippen molar-refractivity contribution < 1.29 is 19.0 Å². The van der Waals surface area contributed by atoms with E-state index in [-0.39, 0.29) is 23.2 Å². The number of ether oxygens (including phenoxy) is 2. The van der Waals surface area contributed by atoms with E-state index < -0.39 is 5.56 Å². The number of hydrogen-bond donors (Lipinski definition) is 1. The third kappa shape index (κ3) is 5.25. The fourth-order valence-corrected chi connectivity index (χ4v) is 4.43. The molecule has 0 bridgehead atoms. The van der Waals surface area contributed by atoms with Gasteiger partial charge in [-0.25, -0.2) is 4.98 Å². The SMILES string of the molecule is CCCCc1nc(=O)c(-c2nnc(Cc3csc(C)n3)o2)c(O)n1-c1c(OCC)cccc1OCC. The lowest BCUT2D eigenvalue weighted by Crippen LogP contribution is -2.21. The molecule has 0 aliphatic carbocycles. The maximum atomic E-state index is 13.1. The lowest BCUT2D eigenvalue weighted by Gasteiger charge is -2.21. The molecule has 0 fully saturated rings. The summed E-state index contributed by atoms with van der Waals surface area (Å²) in [5, 5.41) is 22.5. The maximum Gasteiger partial charge on any atom is 0.289 e. The van der Waals surface area contributed by atoms with E-state index in [1.165, 1.54) is 15.9 Å². The van der Waals surface area contributed by atoms with Crippen LogP contribution >= 0.6 is 11.3 Å². The molecule has 0 atom stereocenters. The Morgan fingerprint density at radius 1 is 1.08 bits per heavy atom. The van der Waals surface area contributed by atoms with Gasteiger partial charge in [0.2, 0.25) is 11.8 Å². The van der Waals surface area contributed by atoms with E-state index in [1.807, 2.05) is 39.1 Å². The van der Waals surface area contributed by atoms with E-state index in [0.29, 0.717) is 49.1 Å². The summed E-state index contributed by atoms with van der Waals surface area (Å²) < 4.78 is 19.0. The molecule has 0 amide bonds. The second kappa shape index (κ2) is 11.3. The van der Waals surface area contributed by atoms with Crippen LogP contribution in [0.4, 0.5) is 0 Å². The minimum atomic E-state index is -0.651. The van der Waals surface area contributed by atoms with Crippen molar-refractivity contribution in [2.24, 2.45) is 0 Å². The van der Waals surface area contributed by atoms with Gasteiger partial charge in [0.05, 0.1) is 30.3 Å². The van der Waals surface area contributed by atoms with E-state index in [9.17, 15) is 9.90 Å². The highest BCUT2D eigenvalue weighted by atomic mass is 32.1. The van der Waals surface area contributed by atoms with Crippen LogP contribution in [-0.2, 0) is 12.8 Å². The highest BCUT2D eigenvalue weighted by molar-refractivity contribution is 7.09. The molecule has 190 valence electrons. The van der Waals surface area contributed by atoms with Crippen molar-refractivity contribution in [3.05, 3.63) is 56.3 Å². The molecular weight excluding hydrogens is 482 g/mol.